The quantitative estimate of drug-likeness (QED) is 0.808. The zero-order chi connectivity index (χ0) is 16.8. The number of phenolic OH excluding ortho intramolecular Hbond substituents is 1. The highest BCUT2D eigenvalue weighted by Crippen LogP contribution is 2.42. The predicted octanol–water partition coefficient (Wildman–Crippen LogP) is 2.79. The Bertz CT molecular complexity index is 474. The molecule has 2 N–H and O–H groups in total. The molecule has 1 aromatic carbocycles. The Hall–Kier alpha value is -1.46. The zero-order valence-corrected chi connectivity index (χ0v) is 14.8. The topological polar surface area (TPSA) is 54.0 Å². The molecule has 0 unspecified atom stereocenters. The molecule has 1 aliphatic heterocycles. The second-order valence-electron chi connectivity index (χ2n) is 6.54. The number of benzene rings is 1. The fourth-order valence-electron chi connectivity index (χ4n) is 3.25. The molecule has 1 aliphatic rings. The van der Waals surface area contributed by atoms with Gasteiger partial charge >= 0.3 is 0 Å². The molecule has 2 rings (SSSR count). The maximum Gasteiger partial charge on any atom is 0.131 e. The molecule has 1 heterocycles. The second kappa shape index (κ2) is 8.41. The van der Waals surface area contributed by atoms with Crippen LogP contribution in [0.25, 0.3) is 0 Å². The van der Waals surface area contributed by atoms with Gasteiger partial charge in [-0.25, -0.2) is 0 Å². The normalized spacial score (nSPS) is 17.3. The van der Waals surface area contributed by atoms with Gasteiger partial charge in [-0.15, -0.1) is 0 Å². The van der Waals surface area contributed by atoms with Crippen LogP contribution in [0.2, 0.25) is 0 Å². The highest BCUT2D eigenvalue weighted by molar-refractivity contribution is 5.52. The van der Waals surface area contributed by atoms with Crippen molar-refractivity contribution in [2.75, 3.05) is 40.4 Å². The standard InChI is InChI=1S/C18H30N2O3/c1-13(2)5-6-15(20-9-7-19-8-10-20)18-16(22-3)11-14(21)12-17(18)23-4/h11-13,15,19,21H,5-10H2,1-4H3/t15-/m0/s1. The van der Waals surface area contributed by atoms with E-state index in [0.717, 1.165) is 44.6 Å². The SMILES string of the molecule is COc1cc(O)cc(OC)c1[C@H](CCC(C)C)N1CCNCC1. The van der Waals surface area contributed by atoms with E-state index >= 15 is 0 Å². The van der Waals surface area contributed by atoms with Crippen molar-refractivity contribution in [3.05, 3.63) is 17.7 Å². The summed E-state index contributed by atoms with van der Waals surface area (Å²) in [4.78, 5) is 2.50. The maximum atomic E-state index is 9.91. The summed E-state index contributed by atoms with van der Waals surface area (Å²) in [6.07, 6.45) is 2.19. The summed E-state index contributed by atoms with van der Waals surface area (Å²) in [7, 11) is 3.30. The number of piperazine rings is 1. The Kier molecular flexibility index (Phi) is 6.54. The summed E-state index contributed by atoms with van der Waals surface area (Å²) in [6.45, 7) is 8.52. The van der Waals surface area contributed by atoms with Gasteiger partial charge in [-0.1, -0.05) is 13.8 Å². The first-order valence-electron chi connectivity index (χ1n) is 8.46. The van der Waals surface area contributed by atoms with Crippen molar-refractivity contribution in [2.45, 2.75) is 32.7 Å². The van der Waals surface area contributed by atoms with E-state index in [1.54, 1.807) is 26.4 Å². The first-order valence-corrected chi connectivity index (χ1v) is 8.46. The minimum absolute atomic E-state index is 0.172. The van der Waals surface area contributed by atoms with Crippen LogP contribution in [-0.2, 0) is 0 Å². The fraction of sp³-hybridized carbons (Fsp3) is 0.667. The van der Waals surface area contributed by atoms with Crippen molar-refractivity contribution in [1.29, 1.82) is 0 Å². The molecule has 0 amide bonds. The van der Waals surface area contributed by atoms with Crippen LogP contribution in [-0.4, -0.2) is 50.4 Å². The lowest BCUT2D eigenvalue weighted by Gasteiger charge is -2.36. The van der Waals surface area contributed by atoms with Gasteiger partial charge in [0.25, 0.3) is 0 Å². The molecule has 0 spiro atoms. The number of methoxy groups -OCH3 is 2. The van der Waals surface area contributed by atoms with E-state index < -0.39 is 0 Å². The van der Waals surface area contributed by atoms with E-state index in [1.165, 1.54) is 0 Å². The van der Waals surface area contributed by atoms with E-state index in [1.807, 2.05) is 0 Å². The van der Waals surface area contributed by atoms with Crippen molar-refractivity contribution < 1.29 is 14.6 Å². The lowest BCUT2D eigenvalue weighted by atomic mass is 9.94. The molecule has 0 bridgehead atoms. The van der Waals surface area contributed by atoms with Crippen LogP contribution in [0.1, 0.15) is 38.3 Å². The smallest absolute Gasteiger partial charge is 0.131 e. The first kappa shape index (κ1) is 17.9. The zero-order valence-electron chi connectivity index (χ0n) is 14.8. The summed E-state index contributed by atoms with van der Waals surface area (Å²) in [5.41, 5.74) is 1.05. The third-order valence-electron chi connectivity index (χ3n) is 4.47. The van der Waals surface area contributed by atoms with Crippen LogP contribution >= 0.6 is 0 Å². The molecule has 0 radical (unpaired) electrons. The third kappa shape index (κ3) is 4.52. The maximum absolute atomic E-state index is 9.91. The number of ether oxygens (including phenoxy) is 2. The minimum Gasteiger partial charge on any atom is -0.508 e. The molecule has 5 heteroatoms. The molecular weight excluding hydrogens is 292 g/mol. The Morgan fingerprint density at radius 3 is 2.13 bits per heavy atom. The molecule has 130 valence electrons. The van der Waals surface area contributed by atoms with Gasteiger partial charge in [0.2, 0.25) is 0 Å². The average Bonchev–Trinajstić information content (AvgIpc) is 2.56. The van der Waals surface area contributed by atoms with E-state index in [-0.39, 0.29) is 11.8 Å². The van der Waals surface area contributed by atoms with Gasteiger partial charge < -0.3 is 19.9 Å². The molecule has 1 saturated heterocycles. The van der Waals surface area contributed by atoms with Gasteiger partial charge in [0.15, 0.2) is 0 Å². The van der Waals surface area contributed by atoms with Gasteiger partial charge in [-0.2, -0.15) is 0 Å². The number of nitrogens with zero attached hydrogens (tertiary/aromatic N) is 1. The molecule has 1 atom stereocenters. The Balaban J connectivity index is 2.40. The molecule has 0 aromatic heterocycles. The van der Waals surface area contributed by atoms with E-state index in [4.69, 9.17) is 9.47 Å². The van der Waals surface area contributed by atoms with Crippen LogP contribution in [0.4, 0.5) is 0 Å². The monoisotopic (exact) mass is 322 g/mol. The Morgan fingerprint density at radius 2 is 1.65 bits per heavy atom. The lowest BCUT2D eigenvalue weighted by molar-refractivity contribution is 0.154. The average molecular weight is 322 g/mol. The number of phenols is 1. The minimum atomic E-state index is 0.172. The molecule has 0 saturated carbocycles. The van der Waals surface area contributed by atoms with Crippen molar-refractivity contribution in [2.24, 2.45) is 5.92 Å². The van der Waals surface area contributed by atoms with Gasteiger partial charge in [-0.05, 0) is 18.8 Å². The van der Waals surface area contributed by atoms with Crippen LogP contribution in [0, 0.1) is 5.92 Å². The van der Waals surface area contributed by atoms with Crippen molar-refractivity contribution in [3.63, 3.8) is 0 Å². The highest BCUT2D eigenvalue weighted by Gasteiger charge is 2.28. The van der Waals surface area contributed by atoms with Gasteiger partial charge in [0.05, 0.1) is 19.8 Å². The third-order valence-corrected chi connectivity index (χ3v) is 4.47. The Labute approximate surface area is 139 Å². The summed E-state index contributed by atoms with van der Waals surface area (Å²) in [5.74, 6) is 2.23. The van der Waals surface area contributed by atoms with Crippen LogP contribution in [0.5, 0.6) is 17.2 Å². The van der Waals surface area contributed by atoms with Crippen molar-refractivity contribution >= 4 is 0 Å². The van der Waals surface area contributed by atoms with Crippen LogP contribution < -0.4 is 14.8 Å². The van der Waals surface area contributed by atoms with E-state index in [2.05, 4.69) is 24.1 Å². The summed E-state index contributed by atoms with van der Waals surface area (Å²) in [5, 5.41) is 13.3. The highest BCUT2D eigenvalue weighted by atomic mass is 16.5. The number of hydrogen-bond acceptors (Lipinski definition) is 5. The predicted molar refractivity (Wildman–Crippen MR) is 92.5 cm³/mol. The Morgan fingerprint density at radius 1 is 1.09 bits per heavy atom. The van der Waals surface area contributed by atoms with E-state index in [0.29, 0.717) is 17.4 Å². The lowest BCUT2D eigenvalue weighted by Crippen LogP contribution is -2.45. The first-order chi connectivity index (χ1) is 11.1. The van der Waals surface area contributed by atoms with Gasteiger partial charge in [0.1, 0.15) is 17.2 Å². The largest absolute Gasteiger partial charge is 0.508 e. The molecule has 5 nitrogen and oxygen atoms in total. The summed E-state index contributed by atoms with van der Waals surface area (Å²) in [6, 6.07) is 3.61. The molecule has 0 aliphatic carbocycles. The summed E-state index contributed by atoms with van der Waals surface area (Å²) < 4.78 is 11.1. The number of rotatable bonds is 7. The fourth-order valence-corrected chi connectivity index (χ4v) is 3.25. The number of nitrogens with one attached hydrogen (secondary N) is 1. The number of aromatic hydroxyl groups is 1. The van der Waals surface area contributed by atoms with Crippen LogP contribution in [0.3, 0.4) is 0 Å². The van der Waals surface area contributed by atoms with Crippen molar-refractivity contribution in [1.82, 2.24) is 10.2 Å². The van der Waals surface area contributed by atoms with E-state index in [9.17, 15) is 5.11 Å². The number of hydrogen-bond donors (Lipinski definition) is 2. The summed E-state index contributed by atoms with van der Waals surface area (Å²) >= 11 is 0. The van der Waals surface area contributed by atoms with Gasteiger partial charge in [0, 0.05) is 44.4 Å². The molecule has 23 heavy (non-hydrogen) atoms. The van der Waals surface area contributed by atoms with Crippen LogP contribution in [0.15, 0.2) is 12.1 Å². The molecule has 1 fully saturated rings. The van der Waals surface area contributed by atoms with Crippen molar-refractivity contribution in [3.8, 4) is 17.2 Å². The molecular formula is C18H30N2O3. The second-order valence-corrected chi connectivity index (χ2v) is 6.54. The van der Waals surface area contributed by atoms with Gasteiger partial charge in [-0.3, -0.25) is 4.90 Å². The molecule has 1 aromatic rings.